The highest BCUT2D eigenvalue weighted by Crippen LogP contribution is 2.33. The first kappa shape index (κ1) is 19.2. The van der Waals surface area contributed by atoms with Crippen LogP contribution in [0.5, 0.6) is 5.75 Å². The maximum absolute atomic E-state index is 12.7. The van der Waals surface area contributed by atoms with Gasteiger partial charge in [-0.1, -0.05) is 15.9 Å². The van der Waals surface area contributed by atoms with Crippen LogP contribution in [0.4, 0.5) is 19.0 Å². The number of nitrogens with one attached hydrogen (secondary N) is 1. The molecule has 0 saturated heterocycles. The van der Waals surface area contributed by atoms with Gasteiger partial charge in [-0.2, -0.15) is 17.9 Å². The standard InChI is InChI=1S/C17H14BrF3N4O2/c1-9(10-3-4-14(17(19,20)21)25(26)7-10)24-16-12-5-11(18)6-13(27-2)15(12)22-8-23-16/h3-9H,1-2H3,(H,22,23,24)/t9-/m1/s1. The number of halogens is 4. The Hall–Kier alpha value is -2.62. The first-order chi connectivity index (χ1) is 12.7. The van der Waals surface area contributed by atoms with Crippen LogP contribution >= 0.6 is 15.9 Å². The smallest absolute Gasteiger partial charge is 0.478 e. The highest BCUT2D eigenvalue weighted by atomic mass is 79.9. The Bertz CT molecular complexity index is 998. The molecule has 0 saturated carbocycles. The molecule has 2 heterocycles. The number of rotatable bonds is 4. The van der Waals surface area contributed by atoms with E-state index < -0.39 is 17.9 Å². The number of anilines is 1. The highest BCUT2D eigenvalue weighted by molar-refractivity contribution is 9.10. The monoisotopic (exact) mass is 442 g/mol. The average molecular weight is 443 g/mol. The van der Waals surface area contributed by atoms with Crippen molar-refractivity contribution in [2.24, 2.45) is 0 Å². The van der Waals surface area contributed by atoms with Gasteiger partial charge in [0.15, 0.2) is 6.20 Å². The Morgan fingerprint density at radius 3 is 2.63 bits per heavy atom. The van der Waals surface area contributed by atoms with Crippen molar-refractivity contribution in [2.45, 2.75) is 19.1 Å². The van der Waals surface area contributed by atoms with E-state index in [4.69, 9.17) is 4.74 Å². The molecular weight excluding hydrogens is 429 g/mol. The summed E-state index contributed by atoms with van der Waals surface area (Å²) in [6.07, 6.45) is -2.45. The molecule has 1 atom stereocenters. The largest absolute Gasteiger partial charge is 0.618 e. The lowest BCUT2D eigenvalue weighted by Crippen LogP contribution is -2.37. The Kier molecular flexibility index (Phi) is 5.09. The normalized spacial score (nSPS) is 12.8. The fourth-order valence-electron chi connectivity index (χ4n) is 2.63. The van der Waals surface area contributed by atoms with Crippen molar-refractivity contribution in [3.63, 3.8) is 0 Å². The fourth-order valence-corrected chi connectivity index (χ4v) is 3.07. The van der Waals surface area contributed by atoms with Gasteiger partial charge in [-0.05, 0) is 25.1 Å². The lowest BCUT2D eigenvalue weighted by atomic mass is 10.1. The molecule has 1 N–H and O–H groups in total. The summed E-state index contributed by atoms with van der Waals surface area (Å²) in [4.78, 5) is 8.42. The van der Waals surface area contributed by atoms with Gasteiger partial charge in [0.1, 0.15) is 23.4 Å². The number of benzene rings is 1. The number of nitrogens with zero attached hydrogens (tertiary/aromatic N) is 3. The number of hydrogen-bond acceptors (Lipinski definition) is 5. The zero-order valence-electron chi connectivity index (χ0n) is 14.2. The number of alkyl halides is 3. The van der Waals surface area contributed by atoms with E-state index in [0.29, 0.717) is 28.0 Å². The van der Waals surface area contributed by atoms with Crippen molar-refractivity contribution < 1.29 is 22.6 Å². The second-order valence-electron chi connectivity index (χ2n) is 5.76. The minimum atomic E-state index is -4.71. The van der Waals surface area contributed by atoms with Gasteiger partial charge in [-0.15, -0.1) is 0 Å². The Morgan fingerprint density at radius 1 is 1.26 bits per heavy atom. The molecule has 1 aromatic carbocycles. The first-order valence-electron chi connectivity index (χ1n) is 7.76. The van der Waals surface area contributed by atoms with Crippen molar-refractivity contribution in [1.82, 2.24) is 9.97 Å². The van der Waals surface area contributed by atoms with Crippen LogP contribution in [-0.4, -0.2) is 17.1 Å². The van der Waals surface area contributed by atoms with Crippen LogP contribution < -0.4 is 14.8 Å². The van der Waals surface area contributed by atoms with Crippen molar-refractivity contribution >= 4 is 32.7 Å². The molecule has 0 aliphatic heterocycles. The topological polar surface area (TPSA) is 74.0 Å². The summed E-state index contributed by atoms with van der Waals surface area (Å²) >= 11 is 3.39. The summed E-state index contributed by atoms with van der Waals surface area (Å²) in [6, 6.07) is 5.11. The van der Waals surface area contributed by atoms with Gasteiger partial charge in [-0.25, -0.2) is 9.97 Å². The number of aromatic nitrogens is 3. The van der Waals surface area contributed by atoms with E-state index in [0.717, 1.165) is 16.7 Å². The van der Waals surface area contributed by atoms with Gasteiger partial charge in [0.25, 0.3) is 5.69 Å². The molecule has 0 radical (unpaired) electrons. The number of fused-ring (bicyclic) bond motifs is 1. The van der Waals surface area contributed by atoms with E-state index in [-0.39, 0.29) is 4.73 Å². The van der Waals surface area contributed by atoms with Crippen LogP contribution in [0.15, 0.2) is 41.3 Å². The molecule has 3 aromatic rings. The summed E-state index contributed by atoms with van der Waals surface area (Å²) in [7, 11) is 1.52. The Labute approximate surface area is 160 Å². The minimum absolute atomic E-state index is 0.175. The average Bonchev–Trinajstić information content (AvgIpc) is 2.60. The van der Waals surface area contributed by atoms with E-state index in [1.165, 1.54) is 19.5 Å². The second kappa shape index (κ2) is 7.18. The third-order valence-corrected chi connectivity index (χ3v) is 4.43. The molecule has 27 heavy (non-hydrogen) atoms. The third-order valence-electron chi connectivity index (χ3n) is 3.97. The van der Waals surface area contributed by atoms with Crippen molar-refractivity contribution in [3.8, 4) is 5.75 Å². The van der Waals surface area contributed by atoms with Gasteiger partial charge >= 0.3 is 6.18 Å². The number of pyridine rings is 1. The molecule has 0 unspecified atom stereocenters. The summed E-state index contributed by atoms with van der Waals surface area (Å²) in [6.45, 7) is 1.71. The van der Waals surface area contributed by atoms with E-state index >= 15 is 0 Å². The number of methoxy groups -OCH3 is 1. The molecule has 0 bridgehead atoms. The van der Waals surface area contributed by atoms with Gasteiger partial charge in [0.05, 0.1) is 13.2 Å². The van der Waals surface area contributed by atoms with E-state index in [1.807, 2.05) is 0 Å². The van der Waals surface area contributed by atoms with Crippen LogP contribution in [0.2, 0.25) is 0 Å². The Morgan fingerprint density at radius 2 is 2.00 bits per heavy atom. The summed E-state index contributed by atoms with van der Waals surface area (Å²) in [5, 5.41) is 15.5. The van der Waals surface area contributed by atoms with Gasteiger partial charge in [0, 0.05) is 21.5 Å². The number of hydrogen-bond donors (Lipinski definition) is 1. The molecule has 0 aliphatic rings. The van der Waals surface area contributed by atoms with Crippen molar-refractivity contribution in [2.75, 3.05) is 12.4 Å². The quantitative estimate of drug-likeness (QED) is 0.483. The maximum atomic E-state index is 12.7. The van der Waals surface area contributed by atoms with Crippen LogP contribution in [0.25, 0.3) is 10.9 Å². The lowest BCUT2D eigenvalue weighted by molar-refractivity contribution is -0.629. The third kappa shape index (κ3) is 3.90. The molecular formula is C17H14BrF3N4O2. The summed E-state index contributed by atoms with van der Waals surface area (Å²) in [5.74, 6) is 1.01. The highest BCUT2D eigenvalue weighted by Gasteiger charge is 2.39. The van der Waals surface area contributed by atoms with E-state index in [2.05, 4.69) is 31.2 Å². The summed E-state index contributed by atoms with van der Waals surface area (Å²) in [5.41, 5.74) is -0.303. The molecule has 10 heteroatoms. The predicted molar refractivity (Wildman–Crippen MR) is 96.2 cm³/mol. The molecule has 0 amide bonds. The lowest BCUT2D eigenvalue weighted by Gasteiger charge is -2.17. The molecule has 0 spiro atoms. The van der Waals surface area contributed by atoms with E-state index in [9.17, 15) is 18.4 Å². The zero-order valence-corrected chi connectivity index (χ0v) is 15.8. The second-order valence-corrected chi connectivity index (χ2v) is 6.68. The fraction of sp³-hybridized carbons (Fsp3) is 0.235. The van der Waals surface area contributed by atoms with Crippen molar-refractivity contribution in [3.05, 3.63) is 57.7 Å². The van der Waals surface area contributed by atoms with Crippen molar-refractivity contribution in [1.29, 1.82) is 0 Å². The summed E-state index contributed by atoms with van der Waals surface area (Å²) < 4.78 is 44.1. The zero-order chi connectivity index (χ0) is 19.8. The molecule has 6 nitrogen and oxygen atoms in total. The molecule has 2 aromatic heterocycles. The Balaban J connectivity index is 1.96. The van der Waals surface area contributed by atoms with Crippen LogP contribution in [-0.2, 0) is 6.18 Å². The maximum Gasteiger partial charge on any atom is 0.478 e. The van der Waals surface area contributed by atoms with Crippen LogP contribution in [0.3, 0.4) is 0 Å². The molecule has 142 valence electrons. The minimum Gasteiger partial charge on any atom is -0.618 e. The predicted octanol–water partition coefficient (Wildman–Crippen LogP) is 4.23. The molecule has 3 rings (SSSR count). The van der Waals surface area contributed by atoms with Crippen LogP contribution in [0.1, 0.15) is 24.2 Å². The number of ether oxygens (including phenoxy) is 1. The van der Waals surface area contributed by atoms with Gasteiger partial charge in [0.2, 0.25) is 0 Å². The van der Waals surface area contributed by atoms with E-state index in [1.54, 1.807) is 19.1 Å². The van der Waals surface area contributed by atoms with Gasteiger partial charge in [-0.3, -0.25) is 0 Å². The first-order valence-corrected chi connectivity index (χ1v) is 8.55. The van der Waals surface area contributed by atoms with Gasteiger partial charge < -0.3 is 15.3 Å². The SMILES string of the molecule is COc1cc(Br)cc2c(N[C@H](C)c3ccc(C(F)(F)F)[n+]([O-])c3)ncnc12. The molecule has 0 fully saturated rings. The molecule has 0 aliphatic carbocycles. The van der Waals surface area contributed by atoms with Crippen LogP contribution in [0, 0.1) is 5.21 Å².